The van der Waals surface area contributed by atoms with Crippen LogP contribution in [0.5, 0.6) is 11.5 Å². The van der Waals surface area contributed by atoms with E-state index in [2.05, 4.69) is 30.3 Å². The lowest BCUT2D eigenvalue weighted by atomic mass is 10.3. The van der Waals surface area contributed by atoms with Gasteiger partial charge in [0.15, 0.2) is 11.5 Å². The van der Waals surface area contributed by atoms with Gasteiger partial charge in [0.05, 0.1) is 12.0 Å². The third kappa shape index (κ3) is 4.00. The number of tetrazole rings is 1. The molecule has 140 valence electrons. The van der Waals surface area contributed by atoms with Crippen molar-refractivity contribution >= 4 is 23.4 Å². The number of aromatic nitrogens is 4. The van der Waals surface area contributed by atoms with Crippen molar-refractivity contribution in [1.82, 2.24) is 20.2 Å². The van der Waals surface area contributed by atoms with E-state index in [1.807, 2.05) is 0 Å². The highest BCUT2D eigenvalue weighted by atomic mass is 32.2. The molecule has 0 bridgehead atoms. The Hall–Kier alpha value is -3.15. The maximum atomic E-state index is 13.0. The third-order valence-corrected chi connectivity index (χ3v) is 4.36. The van der Waals surface area contributed by atoms with E-state index in [0.29, 0.717) is 23.1 Å². The van der Waals surface area contributed by atoms with E-state index in [9.17, 15) is 13.6 Å². The summed E-state index contributed by atoms with van der Waals surface area (Å²) in [5, 5.41) is 14.3. The second-order valence-electron chi connectivity index (χ2n) is 5.36. The van der Waals surface area contributed by atoms with Crippen molar-refractivity contribution in [3.63, 3.8) is 0 Å². The number of amides is 1. The molecule has 0 spiro atoms. The summed E-state index contributed by atoms with van der Waals surface area (Å²) in [5.41, 5.74) is 0.302. The van der Waals surface area contributed by atoms with Crippen LogP contribution in [-0.2, 0) is 11.3 Å². The SMILES string of the molecule is O=C(CSc1nnnn1Cc1ccco1)Nc1ccc2c(c1)OC(F)(F)O2. The molecule has 3 heterocycles. The average molecular weight is 395 g/mol. The number of hydrogen-bond donors (Lipinski definition) is 1. The lowest BCUT2D eigenvalue weighted by Gasteiger charge is -2.06. The van der Waals surface area contributed by atoms with Gasteiger partial charge in [0.1, 0.15) is 12.3 Å². The first-order valence-electron chi connectivity index (χ1n) is 7.60. The van der Waals surface area contributed by atoms with Gasteiger partial charge < -0.3 is 19.2 Å². The smallest absolute Gasteiger partial charge is 0.467 e. The maximum Gasteiger partial charge on any atom is 0.586 e. The summed E-state index contributed by atoms with van der Waals surface area (Å²) >= 11 is 1.13. The molecular formula is C15H11F2N5O4S. The van der Waals surface area contributed by atoms with Crippen LogP contribution in [0.1, 0.15) is 5.76 Å². The molecule has 0 fully saturated rings. The molecule has 27 heavy (non-hydrogen) atoms. The fraction of sp³-hybridized carbons (Fsp3) is 0.200. The van der Waals surface area contributed by atoms with Crippen molar-refractivity contribution in [3.8, 4) is 11.5 Å². The molecule has 0 atom stereocenters. The molecule has 1 aliphatic rings. The number of anilines is 1. The molecule has 0 unspecified atom stereocenters. The molecule has 0 aliphatic carbocycles. The highest BCUT2D eigenvalue weighted by Crippen LogP contribution is 2.42. The molecule has 2 aromatic heterocycles. The number of halogens is 2. The number of rotatable bonds is 6. The van der Waals surface area contributed by atoms with Gasteiger partial charge in [0.25, 0.3) is 0 Å². The van der Waals surface area contributed by atoms with Crippen LogP contribution in [-0.4, -0.2) is 38.2 Å². The molecule has 0 saturated carbocycles. The Kier molecular flexibility index (Phi) is 4.39. The van der Waals surface area contributed by atoms with Gasteiger partial charge in [0.2, 0.25) is 11.1 Å². The molecule has 1 aliphatic heterocycles. The first-order valence-corrected chi connectivity index (χ1v) is 8.58. The zero-order valence-corrected chi connectivity index (χ0v) is 14.3. The molecule has 0 radical (unpaired) electrons. The Morgan fingerprint density at radius 1 is 1.26 bits per heavy atom. The first kappa shape index (κ1) is 17.3. The molecule has 4 rings (SSSR count). The van der Waals surface area contributed by atoms with Gasteiger partial charge in [-0.1, -0.05) is 11.8 Å². The van der Waals surface area contributed by atoms with E-state index in [4.69, 9.17) is 4.42 Å². The molecule has 9 nitrogen and oxygen atoms in total. The molecular weight excluding hydrogens is 384 g/mol. The Balaban J connectivity index is 1.34. The minimum absolute atomic E-state index is 0.0170. The highest BCUT2D eigenvalue weighted by molar-refractivity contribution is 7.99. The molecule has 1 amide bonds. The number of alkyl halides is 2. The molecule has 1 N–H and O–H groups in total. The van der Waals surface area contributed by atoms with Crippen LogP contribution in [0.3, 0.4) is 0 Å². The maximum absolute atomic E-state index is 13.0. The second kappa shape index (κ2) is 6.87. The number of carbonyl (C=O) groups excluding carboxylic acids is 1. The summed E-state index contributed by atoms with van der Waals surface area (Å²) < 4.78 is 41.4. The van der Waals surface area contributed by atoms with Crippen LogP contribution >= 0.6 is 11.8 Å². The van der Waals surface area contributed by atoms with E-state index >= 15 is 0 Å². The van der Waals surface area contributed by atoms with E-state index in [0.717, 1.165) is 11.8 Å². The van der Waals surface area contributed by atoms with Gasteiger partial charge in [-0.15, -0.1) is 13.9 Å². The Morgan fingerprint density at radius 3 is 2.93 bits per heavy atom. The number of nitrogens with one attached hydrogen (secondary N) is 1. The van der Waals surface area contributed by atoms with E-state index in [1.54, 1.807) is 18.4 Å². The largest absolute Gasteiger partial charge is 0.586 e. The van der Waals surface area contributed by atoms with Gasteiger partial charge in [-0.25, -0.2) is 4.68 Å². The first-order chi connectivity index (χ1) is 13.0. The monoisotopic (exact) mass is 395 g/mol. The molecule has 0 saturated heterocycles. The summed E-state index contributed by atoms with van der Waals surface area (Å²) in [4.78, 5) is 12.1. The molecule has 1 aromatic carbocycles. The van der Waals surface area contributed by atoms with Crippen LogP contribution in [0.4, 0.5) is 14.5 Å². The van der Waals surface area contributed by atoms with Gasteiger partial charge in [-0.2, -0.15) is 0 Å². The highest BCUT2D eigenvalue weighted by Gasteiger charge is 2.43. The van der Waals surface area contributed by atoms with Gasteiger partial charge in [-0.05, 0) is 34.7 Å². The summed E-state index contributed by atoms with van der Waals surface area (Å²) in [5.74, 6) is 0.0876. The Morgan fingerprint density at radius 2 is 2.11 bits per heavy atom. The average Bonchev–Trinajstić information content (AvgIpc) is 3.32. The Bertz CT molecular complexity index is 963. The number of benzene rings is 1. The van der Waals surface area contributed by atoms with Crippen molar-refractivity contribution in [2.75, 3.05) is 11.1 Å². The number of nitrogens with zero attached hydrogens (tertiary/aromatic N) is 4. The van der Waals surface area contributed by atoms with Crippen molar-refractivity contribution in [2.24, 2.45) is 0 Å². The zero-order chi connectivity index (χ0) is 18.9. The normalized spacial score (nSPS) is 14.3. The second-order valence-corrected chi connectivity index (χ2v) is 6.31. The summed E-state index contributed by atoms with van der Waals surface area (Å²) in [6.07, 6.45) is -2.16. The van der Waals surface area contributed by atoms with E-state index < -0.39 is 6.29 Å². The number of carbonyl (C=O) groups is 1. The van der Waals surface area contributed by atoms with E-state index in [1.165, 1.54) is 22.9 Å². The lowest BCUT2D eigenvalue weighted by Crippen LogP contribution is -2.25. The number of thioether (sulfide) groups is 1. The van der Waals surface area contributed by atoms with Crippen LogP contribution in [0, 0.1) is 0 Å². The summed E-state index contributed by atoms with van der Waals surface area (Å²) in [6, 6.07) is 7.53. The van der Waals surface area contributed by atoms with Crippen molar-refractivity contribution in [3.05, 3.63) is 42.4 Å². The van der Waals surface area contributed by atoms with E-state index in [-0.39, 0.29) is 23.2 Å². The standard InChI is InChI=1S/C15H11F2N5O4S/c16-15(17)25-11-4-3-9(6-12(11)26-15)18-13(23)8-27-14-19-20-21-22(14)7-10-2-1-5-24-10/h1-6H,7-8H2,(H,18,23). The topological polar surface area (TPSA) is 104 Å². The number of fused-ring (bicyclic) bond motifs is 1. The Labute approximate surface area is 154 Å². The molecule has 12 heteroatoms. The predicted molar refractivity (Wildman–Crippen MR) is 87.6 cm³/mol. The van der Waals surface area contributed by atoms with Crippen LogP contribution in [0.15, 0.2) is 46.2 Å². The summed E-state index contributed by atoms with van der Waals surface area (Å²) in [6.45, 7) is 0.334. The van der Waals surface area contributed by atoms with Crippen LogP contribution in [0.2, 0.25) is 0 Å². The third-order valence-electron chi connectivity index (χ3n) is 3.40. The number of ether oxygens (including phenoxy) is 2. The van der Waals surface area contributed by atoms with Crippen molar-refractivity contribution in [1.29, 1.82) is 0 Å². The van der Waals surface area contributed by atoms with Gasteiger partial charge in [0, 0.05) is 11.8 Å². The van der Waals surface area contributed by atoms with Crippen LogP contribution < -0.4 is 14.8 Å². The number of hydrogen-bond acceptors (Lipinski definition) is 8. The lowest BCUT2D eigenvalue weighted by molar-refractivity contribution is -0.286. The summed E-state index contributed by atoms with van der Waals surface area (Å²) in [7, 11) is 0. The predicted octanol–water partition coefficient (Wildman–Crippen LogP) is 2.37. The van der Waals surface area contributed by atoms with Gasteiger partial charge in [-0.3, -0.25) is 4.79 Å². The fourth-order valence-electron chi connectivity index (χ4n) is 2.30. The number of furan rings is 1. The zero-order valence-electron chi connectivity index (χ0n) is 13.5. The quantitative estimate of drug-likeness (QED) is 0.635. The van der Waals surface area contributed by atoms with Crippen molar-refractivity contribution in [2.45, 2.75) is 18.0 Å². The van der Waals surface area contributed by atoms with Crippen LogP contribution in [0.25, 0.3) is 0 Å². The van der Waals surface area contributed by atoms with Gasteiger partial charge >= 0.3 is 6.29 Å². The minimum atomic E-state index is -3.70. The fourth-order valence-corrected chi connectivity index (χ4v) is 2.98. The molecule has 3 aromatic rings. The van der Waals surface area contributed by atoms with Crippen molar-refractivity contribution < 1.29 is 27.5 Å². The minimum Gasteiger partial charge on any atom is -0.467 e.